The fourth-order valence-electron chi connectivity index (χ4n) is 1.23. The van der Waals surface area contributed by atoms with Gasteiger partial charge in [-0.3, -0.25) is 4.68 Å². The zero-order chi connectivity index (χ0) is 10.8. The Labute approximate surface area is 89.9 Å². The maximum Gasteiger partial charge on any atom is 0.339 e. The molecule has 0 aliphatic heterocycles. The van der Waals surface area contributed by atoms with E-state index in [9.17, 15) is 4.79 Å². The summed E-state index contributed by atoms with van der Waals surface area (Å²) < 4.78 is 6.56. The molecule has 0 amide bonds. The maximum atomic E-state index is 10.8. The number of furan rings is 1. The number of hydrogen-bond acceptors (Lipinski definition) is 3. The van der Waals surface area contributed by atoms with Gasteiger partial charge in [-0.15, -0.1) is 0 Å². The molecule has 0 aliphatic rings. The summed E-state index contributed by atoms with van der Waals surface area (Å²) in [5.74, 6) is -0.667. The van der Waals surface area contributed by atoms with Gasteiger partial charge in [-0.2, -0.15) is 5.10 Å². The first-order valence-electron chi connectivity index (χ1n) is 4.14. The van der Waals surface area contributed by atoms with Gasteiger partial charge >= 0.3 is 5.97 Å². The van der Waals surface area contributed by atoms with E-state index >= 15 is 0 Å². The Morgan fingerprint density at radius 2 is 2.47 bits per heavy atom. The standard InChI is InChI=1S/C9H7ClN2O3/c10-6-3-11-12(4-6)5-8-7(9(13)14)1-2-15-8/h1-4H,5H2,(H,13,14). The first-order valence-corrected chi connectivity index (χ1v) is 4.52. The van der Waals surface area contributed by atoms with Crippen LogP contribution in [-0.2, 0) is 6.54 Å². The molecule has 0 saturated carbocycles. The molecule has 0 aliphatic carbocycles. The molecule has 0 aromatic carbocycles. The second-order valence-corrected chi connectivity index (χ2v) is 3.36. The Kier molecular flexibility index (Phi) is 2.47. The third kappa shape index (κ3) is 2.02. The van der Waals surface area contributed by atoms with Crippen LogP contribution in [-0.4, -0.2) is 20.9 Å². The van der Waals surface area contributed by atoms with Crippen molar-refractivity contribution in [3.63, 3.8) is 0 Å². The highest BCUT2D eigenvalue weighted by Crippen LogP contribution is 2.13. The Hall–Kier alpha value is -1.75. The highest BCUT2D eigenvalue weighted by molar-refractivity contribution is 6.30. The van der Waals surface area contributed by atoms with Crippen LogP contribution in [0.25, 0.3) is 0 Å². The van der Waals surface area contributed by atoms with Crippen LogP contribution >= 0.6 is 11.6 Å². The number of aromatic carboxylic acids is 1. The summed E-state index contributed by atoms with van der Waals surface area (Å²) in [5.41, 5.74) is 0.140. The van der Waals surface area contributed by atoms with Gasteiger partial charge in [0.25, 0.3) is 0 Å². The number of rotatable bonds is 3. The lowest BCUT2D eigenvalue weighted by molar-refractivity contribution is 0.0694. The normalized spacial score (nSPS) is 10.5. The van der Waals surface area contributed by atoms with Crippen molar-refractivity contribution in [1.82, 2.24) is 9.78 Å². The van der Waals surface area contributed by atoms with Gasteiger partial charge in [-0.05, 0) is 6.07 Å². The number of carbonyl (C=O) groups is 1. The lowest BCUT2D eigenvalue weighted by atomic mass is 10.2. The molecule has 5 nitrogen and oxygen atoms in total. The molecule has 0 fully saturated rings. The lowest BCUT2D eigenvalue weighted by Gasteiger charge is -1.98. The average Bonchev–Trinajstić information content (AvgIpc) is 2.75. The van der Waals surface area contributed by atoms with Crippen LogP contribution in [0.2, 0.25) is 5.02 Å². The molecule has 2 heterocycles. The number of carboxylic acid groups (broad SMARTS) is 1. The summed E-state index contributed by atoms with van der Waals surface area (Å²) in [7, 11) is 0. The fraction of sp³-hybridized carbons (Fsp3) is 0.111. The Bertz CT molecular complexity index is 489. The highest BCUT2D eigenvalue weighted by Gasteiger charge is 2.13. The van der Waals surface area contributed by atoms with Crippen LogP contribution in [0.4, 0.5) is 0 Å². The predicted octanol–water partition coefficient (Wildman–Crippen LogP) is 1.88. The molecular weight excluding hydrogens is 220 g/mol. The first-order chi connectivity index (χ1) is 7.16. The van der Waals surface area contributed by atoms with Crippen LogP contribution in [0.3, 0.4) is 0 Å². The summed E-state index contributed by atoms with van der Waals surface area (Å²) in [4.78, 5) is 10.8. The second-order valence-electron chi connectivity index (χ2n) is 2.92. The van der Waals surface area contributed by atoms with E-state index in [1.165, 1.54) is 23.2 Å². The number of nitrogens with zero attached hydrogens (tertiary/aromatic N) is 2. The molecule has 78 valence electrons. The van der Waals surface area contributed by atoms with Crippen molar-refractivity contribution < 1.29 is 14.3 Å². The minimum Gasteiger partial charge on any atom is -0.478 e. The minimum absolute atomic E-state index is 0.140. The van der Waals surface area contributed by atoms with Gasteiger partial charge in [-0.25, -0.2) is 4.79 Å². The first kappa shape index (κ1) is 9.79. The number of halogens is 1. The Morgan fingerprint density at radius 3 is 3.07 bits per heavy atom. The minimum atomic E-state index is -1.02. The molecule has 0 radical (unpaired) electrons. The van der Waals surface area contributed by atoms with E-state index in [1.54, 1.807) is 6.20 Å². The number of hydrogen-bond donors (Lipinski definition) is 1. The molecule has 2 rings (SSSR count). The summed E-state index contributed by atoms with van der Waals surface area (Å²) in [6, 6.07) is 1.41. The van der Waals surface area contributed by atoms with E-state index in [2.05, 4.69) is 5.10 Å². The van der Waals surface area contributed by atoms with Crippen molar-refractivity contribution >= 4 is 17.6 Å². The molecule has 1 N–H and O–H groups in total. The predicted molar refractivity (Wildman–Crippen MR) is 52.0 cm³/mol. The smallest absolute Gasteiger partial charge is 0.339 e. The van der Waals surface area contributed by atoms with Crippen molar-refractivity contribution in [2.24, 2.45) is 0 Å². The van der Waals surface area contributed by atoms with Crippen molar-refractivity contribution in [1.29, 1.82) is 0 Å². The van der Waals surface area contributed by atoms with Crippen LogP contribution in [0.1, 0.15) is 16.1 Å². The van der Waals surface area contributed by atoms with Gasteiger partial charge in [0.1, 0.15) is 11.3 Å². The Morgan fingerprint density at radius 1 is 1.67 bits per heavy atom. The van der Waals surface area contributed by atoms with Crippen LogP contribution in [0, 0.1) is 0 Å². The van der Waals surface area contributed by atoms with Crippen molar-refractivity contribution in [3.8, 4) is 0 Å². The van der Waals surface area contributed by atoms with Crippen LogP contribution in [0.5, 0.6) is 0 Å². The molecule has 15 heavy (non-hydrogen) atoms. The maximum absolute atomic E-state index is 10.8. The number of aromatic nitrogens is 2. The van der Waals surface area contributed by atoms with Gasteiger partial charge in [0.05, 0.1) is 24.0 Å². The van der Waals surface area contributed by atoms with Crippen LogP contribution in [0.15, 0.2) is 29.1 Å². The zero-order valence-electron chi connectivity index (χ0n) is 7.55. The molecule has 2 aromatic rings. The summed E-state index contributed by atoms with van der Waals surface area (Å²) in [6.45, 7) is 0.251. The molecule has 0 spiro atoms. The largest absolute Gasteiger partial charge is 0.478 e. The van der Waals surface area contributed by atoms with Crippen LogP contribution < -0.4 is 0 Å². The van der Waals surface area contributed by atoms with E-state index in [-0.39, 0.29) is 12.1 Å². The van der Waals surface area contributed by atoms with E-state index < -0.39 is 5.97 Å². The number of carboxylic acids is 1. The molecule has 0 unspecified atom stereocenters. The SMILES string of the molecule is O=C(O)c1ccoc1Cn1cc(Cl)cn1. The second kappa shape index (κ2) is 3.78. The summed E-state index contributed by atoms with van der Waals surface area (Å²) >= 11 is 5.67. The van der Waals surface area contributed by atoms with Crippen molar-refractivity contribution in [3.05, 3.63) is 41.1 Å². The van der Waals surface area contributed by atoms with E-state index in [0.29, 0.717) is 10.8 Å². The molecule has 6 heteroatoms. The summed E-state index contributed by atoms with van der Waals surface area (Å²) in [5, 5.41) is 13.2. The Balaban J connectivity index is 2.24. The monoisotopic (exact) mass is 226 g/mol. The third-order valence-corrected chi connectivity index (χ3v) is 2.08. The van der Waals surface area contributed by atoms with Gasteiger partial charge < -0.3 is 9.52 Å². The fourth-order valence-corrected chi connectivity index (χ4v) is 1.38. The quantitative estimate of drug-likeness (QED) is 0.868. The molecule has 0 saturated heterocycles. The topological polar surface area (TPSA) is 68.3 Å². The molecule has 0 bridgehead atoms. The third-order valence-electron chi connectivity index (χ3n) is 1.88. The lowest BCUT2D eigenvalue weighted by Crippen LogP contribution is -2.04. The van der Waals surface area contributed by atoms with E-state index in [4.69, 9.17) is 21.1 Å². The summed E-state index contributed by atoms with van der Waals surface area (Å²) in [6.07, 6.45) is 4.41. The van der Waals surface area contributed by atoms with Crippen molar-refractivity contribution in [2.75, 3.05) is 0 Å². The van der Waals surface area contributed by atoms with Gasteiger partial charge in [0.2, 0.25) is 0 Å². The zero-order valence-corrected chi connectivity index (χ0v) is 8.31. The average molecular weight is 227 g/mol. The van der Waals surface area contributed by atoms with Gasteiger partial charge in [0.15, 0.2) is 0 Å². The molecule has 2 aromatic heterocycles. The highest BCUT2D eigenvalue weighted by atomic mass is 35.5. The van der Waals surface area contributed by atoms with Gasteiger partial charge in [-0.1, -0.05) is 11.6 Å². The molecular formula is C9H7ClN2O3. The van der Waals surface area contributed by atoms with E-state index in [0.717, 1.165) is 0 Å². The van der Waals surface area contributed by atoms with Gasteiger partial charge in [0, 0.05) is 6.20 Å². The van der Waals surface area contributed by atoms with E-state index in [1.807, 2.05) is 0 Å². The van der Waals surface area contributed by atoms with Crippen molar-refractivity contribution in [2.45, 2.75) is 6.54 Å². The molecule has 0 atom stereocenters.